The second-order valence-electron chi connectivity index (χ2n) is 5.74. The first-order valence-electron chi connectivity index (χ1n) is 7.93. The molecule has 3 aromatic carbocycles. The van der Waals surface area contributed by atoms with E-state index < -0.39 is 33.1 Å². The molecule has 0 aliphatic rings. The lowest BCUT2D eigenvalue weighted by Gasteiger charge is -2.11. The van der Waals surface area contributed by atoms with Gasteiger partial charge < -0.3 is 5.11 Å². The van der Waals surface area contributed by atoms with E-state index in [-0.39, 0.29) is 16.2 Å². The zero-order chi connectivity index (χ0) is 20.3. The van der Waals surface area contributed by atoms with Gasteiger partial charge >= 0.3 is 0 Å². The Morgan fingerprint density at radius 1 is 0.893 bits per heavy atom. The molecular formula is C19H14F2N2O4S. The van der Waals surface area contributed by atoms with Crippen LogP contribution in [0.4, 0.5) is 8.78 Å². The predicted octanol–water partition coefficient (Wildman–Crippen LogP) is 2.96. The van der Waals surface area contributed by atoms with Gasteiger partial charge in [-0.25, -0.2) is 17.2 Å². The summed E-state index contributed by atoms with van der Waals surface area (Å²) >= 11 is 0. The second-order valence-corrected chi connectivity index (χ2v) is 7.43. The van der Waals surface area contributed by atoms with Crippen LogP contribution in [0.2, 0.25) is 0 Å². The molecule has 0 atom stereocenters. The number of hydrazine groups is 1. The van der Waals surface area contributed by atoms with E-state index in [1.807, 2.05) is 5.43 Å². The third-order valence-corrected chi connectivity index (χ3v) is 5.05. The molecule has 0 unspecified atom stereocenters. The van der Waals surface area contributed by atoms with E-state index in [0.717, 1.165) is 18.2 Å². The summed E-state index contributed by atoms with van der Waals surface area (Å²) in [5, 5.41) is 9.37. The summed E-state index contributed by atoms with van der Waals surface area (Å²) in [5.74, 6) is -4.13. The smallest absolute Gasteiger partial charge is 0.269 e. The van der Waals surface area contributed by atoms with Gasteiger partial charge in [-0.2, -0.15) is 0 Å². The standard InChI is InChI=1S/C19H14F2N2O4S/c20-17-10-13(12-5-2-1-3-6-12)9-16(18(17)21)19(25)22-23-28(26,27)15-8-4-7-14(24)11-15/h1-11,23-24H,(H,22,25). The molecule has 0 fully saturated rings. The maximum Gasteiger partial charge on any atom is 0.269 e. The first kappa shape index (κ1) is 19.5. The van der Waals surface area contributed by atoms with Gasteiger partial charge in [0.15, 0.2) is 11.6 Å². The van der Waals surface area contributed by atoms with Crippen molar-refractivity contribution in [2.45, 2.75) is 4.90 Å². The van der Waals surface area contributed by atoms with Crippen LogP contribution in [0.3, 0.4) is 0 Å². The quantitative estimate of drug-likeness (QED) is 0.570. The number of hydrogen-bond acceptors (Lipinski definition) is 4. The van der Waals surface area contributed by atoms with Crippen LogP contribution in [-0.2, 0) is 10.0 Å². The zero-order valence-corrected chi connectivity index (χ0v) is 15.0. The van der Waals surface area contributed by atoms with Gasteiger partial charge in [0.25, 0.3) is 15.9 Å². The van der Waals surface area contributed by atoms with E-state index in [9.17, 15) is 27.1 Å². The molecule has 0 bridgehead atoms. The minimum absolute atomic E-state index is 0.250. The van der Waals surface area contributed by atoms with Crippen molar-refractivity contribution in [3.63, 3.8) is 0 Å². The number of hydrogen-bond donors (Lipinski definition) is 3. The molecule has 0 saturated carbocycles. The highest BCUT2D eigenvalue weighted by atomic mass is 32.2. The molecule has 9 heteroatoms. The van der Waals surface area contributed by atoms with Crippen molar-refractivity contribution in [2.24, 2.45) is 0 Å². The molecule has 0 aromatic heterocycles. The maximum atomic E-state index is 14.1. The molecule has 144 valence electrons. The van der Waals surface area contributed by atoms with E-state index in [1.54, 1.807) is 35.2 Å². The van der Waals surface area contributed by atoms with Gasteiger partial charge in [0.1, 0.15) is 5.75 Å². The number of phenols is 1. The Morgan fingerprint density at radius 2 is 1.61 bits per heavy atom. The molecule has 0 spiro atoms. The van der Waals surface area contributed by atoms with Crippen LogP contribution in [0.5, 0.6) is 5.75 Å². The summed E-state index contributed by atoms with van der Waals surface area (Å²) in [6.07, 6.45) is 0. The molecule has 0 radical (unpaired) electrons. The largest absolute Gasteiger partial charge is 0.508 e. The van der Waals surface area contributed by atoms with Crippen molar-refractivity contribution in [3.05, 3.63) is 83.9 Å². The van der Waals surface area contributed by atoms with Gasteiger partial charge in [-0.05, 0) is 41.5 Å². The van der Waals surface area contributed by atoms with E-state index >= 15 is 0 Å². The third kappa shape index (κ3) is 4.16. The minimum atomic E-state index is -4.23. The first-order chi connectivity index (χ1) is 13.3. The van der Waals surface area contributed by atoms with Crippen LogP contribution in [0.15, 0.2) is 71.6 Å². The molecule has 6 nitrogen and oxygen atoms in total. The highest BCUT2D eigenvalue weighted by Gasteiger charge is 2.21. The summed E-state index contributed by atoms with van der Waals surface area (Å²) in [5.41, 5.74) is 1.97. The molecule has 3 rings (SSSR count). The Hall–Kier alpha value is -3.30. The van der Waals surface area contributed by atoms with E-state index in [1.165, 1.54) is 18.2 Å². The van der Waals surface area contributed by atoms with Crippen LogP contribution in [0, 0.1) is 11.6 Å². The third-order valence-electron chi connectivity index (χ3n) is 3.81. The number of sulfonamides is 1. The second kappa shape index (κ2) is 7.75. The van der Waals surface area contributed by atoms with Crippen LogP contribution in [0.25, 0.3) is 11.1 Å². The van der Waals surface area contributed by atoms with Gasteiger partial charge in [-0.3, -0.25) is 10.2 Å². The Morgan fingerprint density at radius 3 is 2.29 bits per heavy atom. The molecule has 28 heavy (non-hydrogen) atoms. The Bertz CT molecular complexity index is 1140. The Labute approximate surface area is 159 Å². The molecule has 3 aromatic rings. The van der Waals surface area contributed by atoms with Crippen LogP contribution >= 0.6 is 0 Å². The number of halogens is 2. The van der Waals surface area contributed by atoms with Gasteiger partial charge in [0.2, 0.25) is 0 Å². The zero-order valence-electron chi connectivity index (χ0n) is 14.2. The lowest BCUT2D eigenvalue weighted by atomic mass is 10.0. The molecule has 0 saturated heterocycles. The lowest BCUT2D eigenvalue weighted by Crippen LogP contribution is -2.41. The molecule has 0 heterocycles. The van der Waals surface area contributed by atoms with Crippen molar-refractivity contribution >= 4 is 15.9 Å². The predicted molar refractivity (Wildman–Crippen MR) is 97.7 cm³/mol. The number of phenolic OH excluding ortho intramolecular Hbond substituents is 1. The molecule has 3 N–H and O–H groups in total. The number of nitrogens with one attached hydrogen (secondary N) is 2. The Balaban J connectivity index is 1.85. The fourth-order valence-corrected chi connectivity index (χ4v) is 3.32. The fourth-order valence-electron chi connectivity index (χ4n) is 2.44. The van der Waals surface area contributed by atoms with Crippen molar-refractivity contribution < 1.29 is 27.1 Å². The highest BCUT2D eigenvalue weighted by Crippen LogP contribution is 2.24. The summed E-state index contributed by atoms with van der Waals surface area (Å²) in [6.45, 7) is 0. The van der Waals surface area contributed by atoms with E-state index in [2.05, 4.69) is 0 Å². The number of carbonyl (C=O) groups excluding carboxylic acids is 1. The first-order valence-corrected chi connectivity index (χ1v) is 9.42. The van der Waals surface area contributed by atoms with Gasteiger partial charge in [0, 0.05) is 0 Å². The summed E-state index contributed by atoms with van der Waals surface area (Å²) in [4.78, 5) is 13.7. The molecule has 0 aliphatic heterocycles. The monoisotopic (exact) mass is 404 g/mol. The van der Waals surface area contributed by atoms with Crippen molar-refractivity contribution in [1.29, 1.82) is 0 Å². The number of carbonyl (C=O) groups is 1. The lowest BCUT2D eigenvalue weighted by molar-refractivity contribution is 0.0940. The topological polar surface area (TPSA) is 95.5 Å². The van der Waals surface area contributed by atoms with Crippen molar-refractivity contribution in [1.82, 2.24) is 10.3 Å². The summed E-state index contributed by atoms with van der Waals surface area (Å²) in [6, 6.07) is 15.2. The number of aromatic hydroxyl groups is 1. The maximum absolute atomic E-state index is 14.1. The SMILES string of the molecule is O=C(NNS(=O)(=O)c1cccc(O)c1)c1cc(-c2ccccc2)cc(F)c1F. The van der Waals surface area contributed by atoms with Crippen LogP contribution in [-0.4, -0.2) is 19.4 Å². The molecule has 1 amide bonds. The minimum Gasteiger partial charge on any atom is -0.508 e. The fraction of sp³-hybridized carbons (Fsp3) is 0. The van der Waals surface area contributed by atoms with E-state index in [0.29, 0.717) is 5.56 Å². The average Bonchev–Trinajstić information content (AvgIpc) is 2.69. The normalized spacial score (nSPS) is 11.2. The van der Waals surface area contributed by atoms with Gasteiger partial charge in [0.05, 0.1) is 10.5 Å². The summed E-state index contributed by atoms with van der Waals surface area (Å²) in [7, 11) is -4.23. The van der Waals surface area contributed by atoms with Crippen LogP contribution < -0.4 is 10.3 Å². The molecule has 0 aliphatic carbocycles. The van der Waals surface area contributed by atoms with Crippen molar-refractivity contribution in [2.75, 3.05) is 0 Å². The van der Waals surface area contributed by atoms with E-state index in [4.69, 9.17) is 0 Å². The van der Waals surface area contributed by atoms with Crippen molar-refractivity contribution in [3.8, 4) is 16.9 Å². The van der Waals surface area contributed by atoms with Crippen LogP contribution in [0.1, 0.15) is 10.4 Å². The van der Waals surface area contributed by atoms with Gasteiger partial charge in [-0.1, -0.05) is 36.4 Å². The number of rotatable bonds is 5. The number of amides is 1. The summed E-state index contributed by atoms with van der Waals surface area (Å²) < 4.78 is 52.4. The van der Waals surface area contributed by atoms with Gasteiger partial charge in [-0.15, -0.1) is 4.83 Å². The average molecular weight is 404 g/mol. The molecular weight excluding hydrogens is 390 g/mol. The Kier molecular flexibility index (Phi) is 5.39. The highest BCUT2D eigenvalue weighted by molar-refractivity contribution is 7.89. The number of benzene rings is 3.